The predicted octanol–water partition coefficient (Wildman–Crippen LogP) is 2.24. The van der Waals surface area contributed by atoms with Crippen molar-refractivity contribution in [3.63, 3.8) is 0 Å². The van der Waals surface area contributed by atoms with Gasteiger partial charge in [0.25, 0.3) is 11.8 Å². The molecule has 0 unspecified atom stereocenters. The van der Waals surface area contributed by atoms with Crippen LogP contribution in [0.3, 0.4) is 0 Å². The molecule has 2 amide bonds. The summed E-state index contributed by atoms with van der Waals surface area (Å²) in [5.74, 6) is -0.232. The molecule has 0 fully saturated rings. The monoisotopic (exact) mass is 306 g/mol. The van der Waals surface area contributed by atoms with E-state index in [1.165, 1.54) is 12.3 Å². The maximum atomic E-state index is 12.3. The van der Waals surface area contributed by atoms with Crippen LogP contribution in [0.1, 0.15) is 20.7 Å². The summed E-state index contributed by atoms with van der Waals surface area (Å²) in [6.07, 6.45) is 1.50. The van der Waals surface area contributed by atoms with E-state index in [0.717, 1.165) is 5.52 Å². The van der Waals surface area contributed by atoms with Crippen LogP contribution in [0, 0.1) is 0 Å². The molecule has 2 N–H and O–H groups in total. The number of carbonyl (C=O) groups is 2. The van der Waals surface area contributed by atoms with Crippen molar-refractivity contribution in [3.8, 4) is 0 Å². The van der Waals surface area contributed by atoms with Crippen LogP contribution < -0.4 is 10.6 Å². The van der Waals surface area contributed by atoms with E-state index in [2.05, 4.69) is 20.6 Å². The number of benzene rings is 2. The van der Waals surface area contributed by atoms with Gasteiger partial charge in [-0.1, -0.05) is 18.2 Å². The van der Waals surface area contributed by atoms with Crippen LogP contribution in [-0.2, 0) is 0 Å². The molecule has 0 aliphatic heterocycles. The zero-order valence-corrected chi connectivity index (χ0v) is 12.4. The van der Waals surface area contributed by atoms with Crippen LogP contribution in [-0.4, -0.2) is 28.8 Å². The molecule has 114 valence electrons. The lowest BCUT2D eigenvalue weighted by Gasteiger charge is -2.06. The topological polar surface area (TPSA) is 84.0 Å². The molecule has 3 aromatic rings. The van der Waals surface area contributed by atoms with E-state index in [0.29, 0.717) is 22.5 Å². The first kappa shape index (κ1) is 14.6. The van der Waals surface area contributed by atoms with Gasteiger partial charge in [0.2, 0.25) is 0 Å². The average molecular weight is 306 g/mol. The van der Waals surface area contributed by atoms with Gasteiger partial charge in [0.05, 0.1) is 17.2 Å². The minimum Gasteiger partial charge on any atom is -0.355 e. The van der Waals surface area contributed by atoms with Crippen LogP contribution in [0.2, 0.25) is 0 Å². The van der Waals surface area contributed by atoms with Crippen LogP contribution in [0.4, 0.5) is 5.82 Å². The van der Waals surface area contributed by atoms with Gasteiger partial charge in [-0.2, -0.15) is 0 Å². The van der Waals surface area contributed by atoms with Crippen molar-refractivity contribution in [1.29, 1.82) is 0 Å². The predicted molar refractivity (Wildman–Crippen MR) is 87.3 cm³/mol. The number of nitrogens with one attached hydrogen (secondary N) is 2. The second-order valence-electron chi connectivity index (χ2n) is 4.86. The van der Waals surface area contributed by atoms with Crippen LogP contribution in [0.25, 0.3) is 11.0 Å². The van der Waals surface area contributed by atoms with Crippen LogP contribution >= 0.6 is 0 Å². The molecule has 0 saturated heterocycles. The Hall–Kier alpha value is -3.28. The second-order valence-corrected chi connectivity index (χ2v) is 4.86. The highest BCUT2D eigenvalue weighted by Gasteiger charge is 2.11. The van der Waals surface area contributed by atoms with E-state index in [1.807, 2.05) is 24.3 Å². The Morgan fingerprint density at radius 3 is 2.35 bits per heavy atom. The third-order valence-electron chi connectivity index (χ3n) is 3.30. The van der Waals surface area contributed by atoms with E-state index < -0.39 is 0 Å². The number of carbonyl (C=O) groups excluding carboxylic acids is 2. The number of fused-ring (bicyclic) bond motifs is 1. The highest BCUT2D eigenvalue weighted by molar-refractivity contribution is 6.05. The number of para-hydroxylation sites is 2. The third-order valence-corrected chi connectivity index (χ3v) is 3.30. The molecule has 0 atom stereocenters. The van der Waals surface area contributed by atoms with Gasteiger partial charge >= 0.3 is 0 Å². The summed E-state index contributed by atoms with van der Waals surface area (Å²) in [4.78, 5) is 32.5. The van der Waals surface area contributed by atoms with Gasteiger partial charge in [0, 0.05) is 18.2 Å². The van der Waals surface area contributed by atoms with Crippen molar-refractivity contribution < 1.29 is 9.59 Å². The first-order valence-electron chi connectivity index (χ1n) is 7.02. The summed E-state index contributed by atoms with van der Waals surface area (Å²) in [6, 6.07) is 13.9. The smallest absolute Gasteiger partial charge is 0.256 e. The molecule has 6 nitrogen and oxygen atoms in total. The third kappa shape index (κ3) is 3.16. The Kier molecular flexibility index (Phi) is 3.97. The Balaban J connectivity index is 1.84. The largest absolute Gasteiger partial charge is 0.355 e. The fourth-order valence-electron chi connectivity index (χ4n) is 2.15. The number of hydrogen-bond acceptors (Lipinski definition) is 4. The number of rotatable bonds is 3. The number of anilines is 1. The lowest BCUT2D eigenvalue weighted by Crippen LogP contribution is -2.19. The van der Waals surface area contributed by atoms with E-state index in [9.17, 15) is 9.59 Å². The zero-order valence-electron chi connectivity index (χ0n) is 12.4. The van der Waals surface area contributed by atoms with Gasteiger partial charge in [-0.3, -0.25) is 14.6 Å². The van der Waals surface area contributed by atoms with E-state index in [1.54, 1.807) is 25.2 Å². The van der Waals surface area contributed by atoms with Gasteiger partial charge < -0.3 is 10.6 Å². The van der Waals surface area contributed by atoms with E-state index >= 15 is 0 Å². The molecule has 1 aromatic heterocycles. The first-order valence-corrected chi connectivity index (χ1v) is 7.02. The maximum Gasteiger partial charge on any atom is 0.256 e. The molecule has 1 heterocycles. The van der Waals surface area contributed by atoms with Crippen molar-refractivity contribution in [2.45, 2.75) is 0 Å². The first-order chi connectivity index (χ1) is 11.2. The van der Waals surface area contributed by atoms with Crippen molar-refractivity contribution in [3.05, 3.63) is 65.9 Å². The standard InChI is InChI=1S/C17H14N4O2/c1-18-16(22)11-5-4-6-12(9-11)17(23)21-15-10-19-13-7-2-3-8-14(13)20-15/h2-10H,1H3,(H,18,22)(H,20,21,23). The van der Waals surface area contributed by atoms with E-state index in [4.69, 9.17) is 0 Å². The van der Waals surface area contributed by atoms with Crippen molar-refractivity contribution in [2.24, 2.45) is 0 Å². The van der Waals surface area contributed by atoms with Gasteiger partial charge in [-0.15, -0.1) is 0 Å². The van der Waals surface area contributed by atoms with Crippen molar-refractivity contribution in [1.82, 2.24) is 15.3 Å². The molecule has 23 heavy (non-hydrogen) atoms. The van der Waals surface area contributed by atoms with Gasteiger partial charge in [0.1, 0.15) is 0 Å². The number of aromatic nitrogens is 2. The Bertz CT molecular complexity index is 892. The quantitative estimate of drug-likeness (QED) is 0.777. The van der Waals surface area contributed by atoms with Gasteiger partial charge in [-0.25, -0.2) is 4.98 Å². The molecule has 0 saturated carbocycles. The highest BCUT2D eigenvalue weighted by atomic mass is 16.2. The minimum absolute atomic E-state index is 0.245. The number of hydrogen-bond donors (Lipinski definition) is 2. The van der Waals surface area contributed by atoms with Crippen LogP contribution in [0.5, 0.6) is 0 Å². The number of amides is 2. The molecular formula is C17H14N4O2. The Morgan fingerprint density at radius 2 is 1.61 bits per heavy atom. The Labute approximate surface area is 132 Å². The lowest BCUT2D eigenvalue weighted by atomic mass is 10.1. The van der Waals surface area contributed by atoms with Crippen molar-refractivity contribution in [2.75, 3.05) is 12.4 Å². The molecule has 0 bridgehead atoms. The molecule has 0 radical (unpaired) electrons. The van der Waals surface area contributed by atoms with Gasteiger partial charge in [0.15, 0.2) is 5.82 Å². The summed E-state index contributed by atoms with van der Waals surface area (Å²) in [6.45, 7) is 0. The van der Waals surface area contributed by atoms with E-state index in [-0.39, 0.29) is 11.8 Å². The summed E-state index contributed by atoms with van der Waals surface area (Å²) in [5, 5.41) is 5.21. The lowest BCUT2D eigenvalue weighted by molar-refractivity contribution is 0.0963. The average Bonchev–Trinajstić information content (AvgIpc) is 2.61. The molecule has 3 rings (SSSR count). The SMILES string of the molecule is CNC(=O)c1cccc(C(=O)Nc2cnc3ccccc3n2)c1. The molecular weight excluding hydrogens is 292 g/mol. The fraction of sp³-hybridized carbons (Fsp3) is 0.0588. The highest BCUT2D eigenvalue weighted by Crippen LogP contribution is 2.13. The summed E-state index contributed by atoms with van der Waals surface area (Å²) in [7, 11) is 1.54. The van der Waals surface area contributed by atoms with Gasteiger partial charge in [-0.05, 0) is 30.3 Å². The zero-order chi connectivity index (χ0) is 16.2. The second kappa shape index (κ2) is 6.23. The number of nitrogens with zero attached hydrogens (tertiary/aromatic N) is 2. The summed E-state index contributed by atoms with van der Waals surface area (Å²) in [5.41, 5.74) is 2.25. The Morgan fingerprint density at radius 1 is 0.913 bits per heavy atom. The van der Waals surface area contributed by atoms with Crippen molar-refractivity contribution >= 4 is 28.7 Å². The van der Waals surface area contributed by atoms with Crippen LogP contribution in [0.15, 0.2) is 54.7 Å². The normalized spacial score (nSPS) is 10.3. The fourth-order valence-corrected chi connectivity index (χ4v) is 2.15. The molecule has 0 aliphatic rings. The molecule has 0 aliphatic carbocycles. The molecule has 0 spiro atoms. The minimum atomic E-state index is -0.347. The summed E-state index contributed by atoms with van der Waals surface area (Å²) >= 11 is 0. The summed E-state index contributed by atoms with van der Waals surface area (Å²) < 4.78 is 0. The maximum absolute atomic E-state index is 12.3. The molecule has 6 heteroatoms. The molecule has 2 aromatic carbocycles.